The zero-order valence-electron chi connectivity index (χ0n) is 15.4. The van der Waals surface area contributed by atoms with E-state index in [-0.39, 0.29) is 24.4 Å². The number of nitrogens with zero attached hydrogens (tertiary/aromatic N) is 1. The van der Waals surface area contributed by atoms with E-state index in [4.69, 9.17) is 5.73 Å². The van der Waals surface area contributed by atoms with Crippen molar-refractivity contribution in [2.24, 2.45) is 5.73 Å². The van der Waals surface area contributed by atoms with Gasteiger partial charge < -0.3 is 15.8 Å². The van der Waals surface area contributed by atoms with Gasteiger partial charge in [-0.2, -0.15) is 0 Å². The highest BCUT2D eigenvalue weighted by molar-refractivity contribution is 5.83. The lowest BCUT2D eigenvalue weighted by atomic mass is 9.93. The molecule has 1 heterocycles. The van der Waals surface area contributed by atoms with Gasteiger partial charge in [-0.25, -0.2) is 0 Å². The summed E-state index contributed by atoms with van der Waals surface area (Å²) in [6.07, 6.45) is -4.42. The Morgan fingerprint density at radius 3 is 2.45 bits per heavy atom. The van der Waals surface area contributed by atoms with Crippen molar-refractivity contribution in [3.8, 4) is 5.75 Å². The van der Waals surface area contributed by atoms with E-state index in [2.05, 4.69) is 10.1 Å². The van der Waals surface area contributed by atoms with Crippen molar-refractivity contribution in [1.82, 2.24) is 10.2 Å². The predicted octanol–water partition coefficient (Wildman–Crippen LogP) is 2.11. The van der Waals surface area contributed by atoms with Gasteiger partial charge in [0.15, 0.2) is 0 Å². The molecule has 0 aliphatic carbocycles. The van der Waals surface area contributed by atoms with E-state index in [1.807, 2.05) is 24.3 Å². The van der Waals surface area contributed by atoms with E-state index in [0.717, 1.165) is 11.1 Å². The van der Waals surface area contributed by atoms with Gasteiger partial charge in [0.2, 0.25) is 11.8 Å². The summed E-state index contributed by atoms with van der Waals surface area (Å²) >= 11 is 0. The van der Waals surface area contributed by atoms with Crippen LogP contribution in [0.15, 0.2) is 48.5 Å². The van der Waals surface area contributed by atoms with Crippen LogP contribution in [-0.4, -0.2) is 35.7 Å². The van der Waals surface area contributed by atoms with E-state index in [9.17, 15) is 22.8 Å². The smallest absolute Gasteiger partial charge is 0.405 e. The van der Waals surface area contributed by atoms with Crippen molar-refractivity contribution in [3.05, 3.63) is 65.2 Å². The predicted molar refractivity (Wildman–Crippen MR) is 98.5 cm³/mol. The van der Waals surface area contributed by atoms with Gasteiger partial charge in [-0.05, 0) is 23.6 Å². The zero-order valence-corrected chi connectivity index (χ0v) is 15.4. The number of ether oxygens (including phenoxy) is 1. The maximum atomic E-state index is 12.5. The normalized spacial score (nSPS) is 16.7. The van der Waals surface area contributed by atoms with Gasteiger partial charge in [0.1, 0.15) is 5.75 Å². The number of hydrogen-bond donors (Lipinski definition) is 2. The van der Waals surface area contributed by atoms with Crippen molar-refractivity contribution in [3.63, 3.8) is 0 Å². The molecule has 0 aromatic heterocycles. The summed E-state index contributed by atoms with van der Waals surface area (Å²) in [5.74, 6) is -1.34. The quantitative estimate of drug-likeness (QED) is 0.768. The van der Waals surface area contributed by atoms with E-state index >= 15 is 0 Å². The third kappa shape index (κ3) is 5.47. The molecule has 0 spiro atoms. The number of hydrogen-bond acceptors (Lipinski definition) is 4. The molecule has 0 saturated heterocycles. The molecule has 1 aliphatic rings. The molecule has 0 fully saturated rings. The second-order valence-electron chi connectivity index (χ2n) is 6.73. The molecule has 2 aromatic rings. The van der Waals surface area contributed by atoms with Gasteiger partial charge in [0.05, 0.1) is 12.6 Å². The lowest BCUT2D eigenvalue weighted by Crippen LogP contribution is -2.51. The molecule has 0 saturated carbocycles. The molecule has 3 N–H and O–H groups in total. The molecule has 2 aromatic carbocycles. The summed E-state index contributed by atoms with van der Waals surface area (Å²) in [6.45, 7) is 0.131. The summed E-state index contributed by atoms with van der Waals surface area (Å²) in [7, 11) is 0. The number of rotatable bonds is 6. The van der Waals surface area contributed by atoms with Crippen LogP contribution in [0.1, 0.15) is 16.7 Å². The third-order valence-electron chi connectivity index (χ3n) is 4.70. The first-order chi connectivity index (χ1) is 13.7. The number of para-hydroxylation sites is 1. The first-order valence-corrected chi connectivity index (χ1v) is 8.93. The first kappa shape index (κ1) is 20.7. The molecule has 29 heavy (non-hydrogen) atoms. The van der Waals surface area contributed by atoms with Crippen molar-refractivity contribution in [2.45, 2.75) is 31.9 Å². The van der Waals surface area contributed by atoms with Crippen molar-refractivity contribution < 1.29 is 27.5 Å². The summed E-state index contributed by atoms with van der Waals surface area (Å²) in [6, 6.07) is 12.5. The van der Waals surface area contributed by atoms with Crippen LogP contribution < -0.4 is 15.8 Å². The lowest BCUT2D eigenvalue weighted by Gasteiger charge is -2.34. The highest BCUT2D eigenvalue weighted by atomic mass is 19.4. The highest BCUT2D eigenvalue weighted by Gasteiger charge is 2.33. The SMILES string of the molecule is NC(=O)C1Cc2ccccc2CN1CC(=O)NCc1ccccc1OC(F)(F)F. The van der Waals surface area contributed by atoms with Crippen LogP contribution in [0.4, 0.5) is 13.2 Å². The lowest BCUT2D eigenvalue weighted by molar-refractivity contribution is -0.274. The van der Waals surface area contributed by atoms with Crippen LogP contribution in [0, 0.1) is 0 Å². The molecule has 0 radical (unpaired) electrons. The number of nitrogens with two attached hydrogens (primary N) is 1. The number of amides is 2. The first-order valence-electron chi connectivity index (χ1n) is 8.93. The molecular weight excluding hydrogens is 387 g/mol. The number of benzene rings is 2. The molecule has 6 nitrogen and oxygen atoms in total. The Morgan fingerprint density at radius 1 is 1.10 bits per heavy atom. The maximum absolute atomic E-state index is 12.5. The minimum atomic E-state index is -4.82. The topological polar surface area (TPSA) is 84.7 Å². The van der Waals surface area contributed by atoms with Gasteiger partial charge in [0, 0.05) is 18.7 Å². The van der Waals surface area contributed by atoms with E-state index in [1.165, 1.54) is 18.2 Å². The summed E-state index contributed by atoms with van der Waals surface area (Å²) in [5.41, 5.74) is 7.69. The van der Waals surface area contributed by atoms with Crippen LogP contribution >= 0.6 is 0 Å². The number of primary amides is 1. The molecule has 1 aliphatic heterocycles. The fraction of sp³-hybridized carbons (Fsp3) is 0.300. The highest BCUT2D eigenvalue weighted by Crippen LogP contribution is 2.26. The number of carbonyl (C=O) groups is 2. The van der Waals surface area contributed by atoms with Gasteiger partial charge >= 0.3 is 6.36 Å². The van der Waals surface area contributed by atoms with Crippen molar-refractivity contribution in [1.29, 1.82) is 0 Å². The second kappa shape index (κ2) is 8.52. The number of nitrogens with one attached hydrogen (secondary N) is 1. The average Bonchev–Trinajstić information content (AvgIpc) is 2.65. The van der Waals surface area contributed by atoms with Crippen molar-refractivity contribution in [2.75, 3.05) is 6.54 Å². The van der Waals surface area contributed by atoms with E-state index in [1.54, 1.807) is 11.0 Å². The van der Waals surface area contributed by atoms with Gasteiger partial charge in [-0.3, -0.25) is 14.5 Å². The van der Waals surface area contributed by atoms with Crippen LogP contribution in [0.5, 0.6) is 5.75 Å². The maximum Gasteiger partial charge on any atom is 0.573 e. The minimum absolute atomic E-state index is 0.107. The van der Waals surface area contributed by atoms with Gasteiger partial charge in [-0.15, -0.1) is 13.2 Å². The molecular formula is C20H20F3N3O3. The average molecular weight is 407 g/mol. The molecule has 1 atom stereocenters. The molecule has 0 bridgehead atoms. The summed E-state index contributed by atoms with van der Waals surface area (Å²) in [5, 5.41) is 2.58. The van der Waals surface area contributed by atoms with Crippen molar-refractivity contribution >= 4 is 11.8 Å². The Balaban J connectivity index is 1.64. The molecule has 2 amide bonds. The molecule has 154 valence electrons. The fourth-order valence-electron chi connectivity index (χ4n) is 3.33. The Morgan fingerprint density at radius 2 is 1.76 bits per heavy atom. The molecule has 9 heteroatoms. The van der Waals surface area contributed by atoms with Crippen LogP contribution in [0.3, 0.4) is 0 Å². The Bertz CT molecular complexity index is 902. The fourth-order valence-corrected chi connectivity index (χ4v) is 3.33. The van der Waals surface area contributed by atoms with Gasteiger partial charge in [0.25, 0.3) is 0 Å². The second-order valence-corrected chi connectivity index (χ2v) is 6.73. The third-order valence-corrected chi connectivity index (χ3v) is 4.70. The van der Waals surface area contributed by atoms with Crippen LogP contribution in [0.25, 0.3) is 0 Å². The monoisotopic (exact) mass is 407 g/mol. The Hall–Kier alpha value is -3.07. The molecule has 1 unspecified atom stereocenters. The van der Waals surface area contributed by atoms with E-state index < -0.39 is 24.2 Å². The molecule has 3 rings (SSSR count). The number of halogens is 3. The number of fused-ring (bicyclic) bond motifs is 1. The van der Waals surface area contributed by atoms with Gasteiger partial charge in [-0.1, -0.05) is 42.5 Å². The Labute approximate surface area is 165 Å². The largest absolute Gasteiger partial charge is 0.573 e. The van der Waals surface area contributed by atoms with Crippen LogP contribution in [0.2, 0.25) is 0 Å². The zero-order chi connectivity index (χ0) is 21.0. The summed E-state index contributed by atoms with van der Waals surface area (Å²) in [4.78, 5) is 25.9. The van der Waals surface area contributed by atoms with E-state index in [0.29, 0.717) is 13.0 Å². The standard InChI is InChI=1S/C20H20F3N3O3/c21-20(22,23)29-17-8-4-3-6-14(17)10-25-18(27)12-26-11-15-7-2-1-5-13(15)9-16(26)19(24)28/h1-8,16H,9-12H2,(H2,24,28)(H,25,27). The Kier molecular flexibility index (Phi) is 6.07. The number of carbonyl (C=O) groups excluding carboxylic acids is 2. The number of alkyl halides is 3. The minimum Gasteiger partial charge on any atom is -0.405 e. The van der Waals surface area contributed by atoms with Crippen LogP contribution in [-0.2, 0) is 29.1 Å². The summed E-state index contributed by atoms with van der Waals surface area (Å²) < 4.78 is 41.5.